The smallest absolute Gasteiger partial charge is 0.347 e. The molecule has 0 heterocycles. The van der Waals surface area contributed by atoms with Crippen LogP contribution in [0.4, 0.5) is 0 Å². The predicted octanol–water partition coefficient (Wildman–Crippen LogP) is 3.82. The van der Waals surface area contributed by atoms with Gasteiger partial charge in [-0.05, 0) is 25.0 Å². The third kappa shape index (κ3) is 2.46. The summed E-state index contributed by atoms with van der Waals surface area (Å²) in [4.78, 5) is 11.8. The largest absolute Gasteiger partial charge is 0.478 e. The number of halogens is 1. The molecule has 3 nitrogen and oxygen atoms in total. The summed E-state index contributed by atoms with van der Waals surface area (Å²) in [5, 5.41) is 2.51. The number of benzene rings is 2. The Morgan fingerprint density at radius 3 is 2.55 bits per heavy atom. The highest BCUT2D eigenvalue weighted by Crippen LogP contribution is 2.38. The lowest BCUT2D eigenvalue weighted by Gasteiger charge is -2.18. The Morgan fingerprint density at radius 2 is 1.90 bits per heavy atom. The number of ether oxygens (including phenoxy) is 2. The number of methoxy groups -OCH3 is 1. The molecule has 0 N–H and O–H groups in total. The van der Waals surface area contributed by atoms with Crippen molar-refractivity contribution in [1.29, 1.82) is 0 Å². The molecule has 3 rings (SSSR count). The first-order chi connectivity index (χ1) is 9.70. The minimum atomic E-state index is -0.524. The molecular formula is C16H15ClO3. The van der Waals surface area contributed by atoms with E-state index in [1.807, 2.05) is 30.3 Å². The second kappa shape index (κ2) is 5.33. The van der Waals surface area contributed by atoms with Gasteiger partial charge in [-0.2, -0.15) is 0 Å². The van der Waals surface area contributed by atoms with Crippen LogP contribution in [0.3, 0.4) is 0 Å². The minimum Gasteiger partial charge on any atom is -0.478 e. The summed E-state index contributed by atoms with van der Waals surface area (Å²) in [5.41, 5.74) is 0. The Morgan fingerprint density at radius 1 is 1.20 bits per heavy atom. The third-order valence-corrected chi connectivity index (χ3v) is 3.90. The fourth-order valence-corrected chi connectivity index (χ4v) is 2.55. The standard InChI is InChI=1S/C16H15ClO3/c1-19-16(18)15(10-6-7-10)20-14-9-8-13(17)11-4-2-3-5-12(11)14/h2-5,8-10,15H,6-7H2,1H3. The van der Waals surface area contributed by atoms with Gasteiger partial charge in [-0.1, -0.05) is 35.9 Å². The molecule has 2 aromatic rings. The first-order valence-electron chi connectivity index (χ1n) is 6.62. The summed E-state index contributed by atoms with van der Waals surface area (Å²) in [6.45, 7) is 0. The zero-order valence-corrected chi connectivity index (χ0v) is 11.9. The second-order valence-corrected chi connectivity index (χ2v) is 5.40. The highest BCUT2D eigenvalue weighted by molar-refractivity contribution is 6.35. The van der Waals surface area contributed by atoms with Gasteiger partial charge in [0.05, 0.1) is 7.11 Å². The van der Waals surface area contributed by atoms with Gasteiger partial charge in [-0.15, -0.1) is 0 Å². The lowest BCUT2D eigenvalue weighted by Crippen LogP contribution is -2.30. The van der Waals surface area contributed by atoms with Crippen LogP contribution in [0.25, 0.3) is 10.8 Å². The average molecular weight is 291 g/mol. The summed E-state index contributed by atoms with van der Waals surface area (Å²) >= 11 is 6.18. The van der Waals surface area contributed by atoms with Crippen molar-refractivity contribution < 1.29 is 14.3 Å². The third-order valence-electron chi connectivity index (χ3n) is 3.57. The first-order valence-corrected chi connectivity index (χ1v) is 7.00. The summed E-state index contributed by atoms with van der Waals surface area (Å²) in [6, 6.07) is 11.3. The molecule has 1 fully saturated rings. The maximum Gasteiger partial charge on any atom is 0.347 e. The van der Waals surface area contributed by atoms with Crippen LogP contribution in [0, 0.1) is 5.92 Å². The first kappa shape index (κ1) is 13.3. The summed E-state index contributed by atoms with van der Waals surface area (Å²) in [6.07, 6.45) is 1.49. The van der Waals surface area contributed by atoms with Crippen molar-refractivity contribution in [3.63, 3.8) is 0 Å². The number of fused-ring (bicyclic) bond motifs is 1. The fourth-order valence-electron chi connectivity index (χ4n) is 2.33. The zero-order valence-electron chi connectivity index (χ0n) is 11.1. The number of hydrogen-bond acceptors (Lipinski definition) is 3. The Bertz CT molecular complexity index is 649. The average Bonchev–Trinajstić information content (AvgIpc) is 3.31. The lowest BCUT2D eigenvalue weighted by atomic mass is 10.1. The molecule has 1 aliphatic carbocycles. The molecule has 0 aliphatic heterocycles. The summed E-state index contributed by atoms with van der Waals surface area (Å²) in [7, 11) is 1.39. The van der Waals surface area contributed by atoms with Crippen molar-refractivity contribution in [2.24, 2.45) is 5.92 Å². The molecule has 104 valence electrons. The molecule has 1 saturated carbocycles. The Hall–Kier alpha value is -1.74. The number of rotatable bonds is 4. The molecular weight excluding hydrogens is 276 g/mol. The van der Waals surface area contributed by atoms with Gasteiger partial charge in [-0.25, -0.2) is 4.79 Å². The molecule has 1 unspecified atom stereocenters. The summed E-state index contributed by atoms with van der Waals surface area (Å²) in [5.74, 6) is 0.621. The van der Waals surface area contributed by atoms with Crippen molar-refractivity contribution in [3.05, 3.63) is 41.4 Å². The molecule has 20 heavy (non-hydrogen) atoms. The van der Waals surface area contributed by atoms with Gasteiger partial charge in [0.2, 0.25) is 0 Å². The maximum absolute atomic E-state index is 11.8. The van der Waals surface area contributed by atoms with E-state index in [1.54, 1.807) is 6.07 Å². The van der Waals surface area contributed by atoms with Crippen molar-refractivity contribution in [2.45, 2.75) is 18.9 Å². The van der Waals surface area contributed by atoms with Crippen molar-refractivity contribution >= 4 is 28.3 Å². The molecule has 0 radical (unpaired) electrons. The van der Waals surface area contributed by atoms with Crippen molar-refractivity contribution in [2.75, 3.05) is 7.11 Å². The van der Waals surface area contributed by atoms with Gasteiger partial charge in [0.15, 0.2) is 6.10 Å². The van der Waals surface area contributed by atoms with Crippen LogP contribution < -0.4 is 4.74 Å². The SMILES string of the molecule is COC(=O)C(Oc1ccc(Cl)c2ccccc12)C1CC1. The van der Waals surface area contributed by atoms with Gasteiger partial charge < -0.3 is 9.47 Å². The molecule has 2 aromatic carbocycles. The number of esters is 1. The highest BCUT2D eigenvalue weighted by Gasteiger charge is 2.39. The monoisotopic (exact) mass is 290 g/mol. The number of carbonyl (C=O) groups is 1. The van der Waals surface area contributed by atoms with E-state index >= 15 is 0 Å². The van der Waals surface area contributed by atoms with E-state index in [9.17, 15) is 4.79 Å². The van der Waals surface area contributed by atoms with Gasteiger partial charge >= 0.3 is 5.97 Å². The normalized spacial score (nSPS) is 15.9. The lowest BCUT2D eigenvalue weighted by molar-refractivity contribution is -0.149. The number of carbonyl (C=O) groups excluding carboxylic acids is 1. The van der Waals surface area contributed by atoms with Crippen LogP contribution in [0.1, 0.15) is 12.8 Å². The van der Waals surface area contributed by atoms with E-state index in [0.29, 0.717) is 10.8 Å². The fraction of sp³-hybridized carbons (Fsp3) is 0.312. The predicted molar refractivity (Wildman–Crippen MR) is 78.1 cm³/mol. The van der Waals surface area contributed by atoms with Crippen LogP contribution in [0.2, 0.25) is 5.02 Å². The van der Waals surface area contributed by atoms with Crippen molar-refractivity contribution in [1.82, 2.24) is 0 Å². The quantitative estimate of drug-likeness (QED) is 0.803. The molecule has 0 aromatic heterocycles. The topological polar surface area (TPSA) is 35.5 Å². The van der Waals surface area contributed by atoms with E-state index in [1.165, 1.54) is 7.11 Å². The van der Waals surface area contributed by atoms with Gasteiger partial charge in [0.25, 0.3) is 0 Å². The van der Waals surface area contributed by atoms with Gasteiger partial charge in [0, 0.05) is 21.7 Å². The van der Waals surface area contributed by atoms with Crippen LogP contribution in [0.15, 0.2) is 36.4 Å². The Kier molecular flexibility index (Phi) is 3.53. The van der Waals surface area contributed by atoms with Crippen molar-refractivity contribution in [3.8, 4) is 5.75 Å². The molecule has 1 atom stereocenters. The van der Waals surface area contributed by atoms with Gasteiger partial charge in [0.1, 0.15) is 5.75 Å². The van der Waals surface area contributed by atoms with E-state index in [4.69, 9.17) is 21.1 Å². The number of hydrogen-bond donors (Lipinski definition) is 0. The van der Waals surface area contributed by atoms with Crippen LogP contribution in [0.5, 0.6) is 5.75 Å². The molecule has 0 saturated heterocycles. The van der Waals surface area contributed by atoms with E-state index < -0.39 is 6.10 Å². The van der Waals surface area contributed by atoms with E-state index in [2.05, 4.69) is 0 Å². The molecule has 0 amide bonds. The highest BCUT2D eigenvalue weighted by atomic mass is 35.5. The van der Waals surface area contributed by atoms with Gasteiger partial charge in [-0.3, -0.25) is 0 Å². The zero-order chi connectivity index (χ0) is 14.1. The van der Waals surface area contributed by atoms with Crippen LogP contribution in [-0.4, -0.2) is 19.2 Å². The summed E-state index contributed by atoms with van der Waals surface area (Å²) < 4.78 is 10.8. The Balaban J connectivity index is 1.97. The molecule has 0 bridgehead atoms. The minimum absolute atomic E-state index is 0.261. The maximum atomic E-state index is 11.8. The van der Waals surface area contributed by atoms with Crippen LogP contribution >= 0.6 is 11.6 Å². The second-order valence-electron chi connectivity index (χ2n) is 4.99. The Labute approximate surface area is 122 Å². The molecule has 1 aliphatic rings. The van der Waals surface area contributed by atoms with Crippen LogP contribution in [-0.2, 0) is 9.53 Å². The molecule has 0 spiro atoms. The molecule has 4 heteroatoms. The van der Waals surface area contributed by atoms with E-state index in [-0.39, 0.29) is 11.9 Å². The van der Waals surface area contributed by atoms with E-state index in [0.717, 1.165) is 23.6 Å².